The summed E-state index contributed by atoms with van der Waals surface area (Å²) >= 11 is 0. The minimum atomic E-state index is -1.10. The zero-order valence-electron chi connectivity index (χ0n) is 7.28. The monoisotopic (exact) mass is 184 g/mol. The van der Waals surface area contributed by atoms with E-state index in [2.05, 4.69) is 6.58 Å². The minimum absolute atomic E-state index is 0.0322. The fourth-order valence-corrected chi connectivity index (χ4v) is 1.26. The van der Waals surface area contributed by atoms with Gasteiger partial charge in [-0.15, -0.1) is 0 Å². The number of carbonyl (C=O) groups excluding carboxylic acids is 1. The lowest BCUT2D eigenvalue weighted by molar-refractivity contribution is -0.147. The second-order valence-corrected chi connectivity index (χ2v) is 3.05. The summed E-state index contributed by atoms with van der Waals surface area (Å²) in [6, 6.07) is 0. The molecule has 1 aliphatic rings. The largest absolute Gasteiger partial charge is 0.478 e. The molecule has 4 heteroatoms. The molecular formula is C9H12O4. The van der Waals surface area contributed by atoms with Gasteiger partial charge >= 0.3 is 11.9 Å². The summed E-state index contributed by atoms with van der Waals surface area (Å²) in [5.74, 6) is -1.43. The second kappa shape index (κ2) is 4.07. The third-order valence-corrected chi connectivity index (χ3v) is 2.03. The Labute approximate surface area is 76.2 Å². The lowest BCUT2D eigenvalue weighted by Gasteiger charge is -2.13. The highest BCUT2D eigenvalue weighted by Gasteiger charge is 2.24. The van der Waals surface area contributed by atoms with Crippen LogP contribution in [0.3, 0.4) is 0 Å². The van der Waals surface area contributed by atoms with Crippen molar-refractivity contribution in [3.8, 4) is 0 Å². The Kier molecular flexibility index (Phi) is 3.06. The molecule has 0 aromatic heterocycles. The molecule has 13 heavy (non-hydrogen) atoms. The van der Waals surface area contributed by atoms with Crippen LogP contribution in [-0.2, 0) is 14.3 Å². The van der Waals surface area contributed by atoms with E-state index >= 15 is 0 Å². The summed E-state index contributed by atoms with van der Waals surface area (Å²) in [7, 11) is 0. The van der Waals surface area contributed by atoms with Gasteiger partial charge in [-0.3, -0.25) is 4.79 Å². The van der Waals surface area contributed by atoms with Crippen LogP contribution in [0.5, 0.6) is 0 Å². The quantitative estimate of drug-likeness (QED) is 0.515. The standard InChI is InChI=1S/C9H12O4/c1-6(9(11)12)7-4-2-3-5-8(10)13-7/h7H,1-5H2,(H,11,12). The Bertz CT molecular complexity index is 244. The highest BCUT2D eigenvalue weighted by molar-refractivity contribution is 5.87. The van der Waals surface area contributed by atoms with Crippen LogP contribution < -0.4 is 0 Å². The Morgan fingerprint density at radius 2 is 2.23 bits per heavy atom. The number of hydrogen-bond acceptors (Lipinski definition) is 3. The minimum Gasteiger partial charge on any atom is -0.478 e. The highest BCUT2D eigenvalue weighted by Crippen LogP contribution is 2.19. The van der Waals surface area contributed by atoms with E-state index in [0.717, 1.165) is 12.8 Å². The maximum atomic E-state index is 11.0. The molecule has 0 radical (unpaired) electrons. The topological polar surface area (TPSA) is 63.6 Å². The number of rotatable bonds is 2. The van der Waals surface area contributed by atoms with E-state index in [1.54, 1.807) is 0 Å². The molecule has 1 heterocycles. The van der Waals surface area contributed by atoms with Crippen molar-refractivity contribution in [2.24, 2.45) is 0 Å². The average molecular weight is 184 g/mol. The Balaban J connectivity index is 2.62. The molecule has 1 unspecified atom stereocenters. The second-order valence-electron chi connectivity index (χ2n) is 3.05. The van der Waals surface area contributed by atoms with Crippen molar-refractivity contribution >= 4 is 11.9 Å². The van der Waals surface area contributed by atoms with Crippen LogP contribution in [0.15, 0.2) is 12.2 Å². The molecule has 0 spiro atoms. The molecule has 1 aliphatic heterocycles. The van der Waals surface area contributed by atoms with Crippen LogP contribution in [0, 0.1) is 0 Å². The summed E-state index contributed by atoms with van der Waals surface area (Å²) in [6.45, 7) is 3.38. The van der Waals surface area contributed by atoms with E-state index in [9.17, 15) is 9.59 Å². The van der Waals surface area contributed by atoms with Crippen molar-refractivity contribution in [3.63, 3.8) is 0 Å². The van der Waals surface area contributed by atoms with Gasteiger partial charge in [-0.25, -0.2) is 4.79 Å². The molecule has 0 aromatic carbocycles. The number of carbonyl (C=O) groups is 2. The maximum absolute atomic E-state index is 11.0. The first kappa shape index (κ1) is 9.77. The van der Waals surface area contributed by atoms with Crippen molar-refractivity contribution in [1.29, 1.82) is 0 Å². The van der Waals surface area contributed by atoms with Crippen LogP contribution in [-0.4, -0.2) is 23.1 Å². The van der Waals surface area contributed by atoms with E-state index in [-0.39, 0.29) is 11.5 Å². The molecule has 72 valence electrons. The summed E-state index contributed by atoms with van der Waals surface area (Å²) in [5, 5.41) is 8.62. The van der Waals surface area contributed by atoms with Gasteiger partial charge in [0.15, 0.2) is 0 Å². The number of carboxylic acids is 1. The first-order valence-electron chi connectivity index (χ1n) is 4.23. The van der Waals surface area contributed by atoms with Crippen molar-refractivity contribution in [3.05, 3.63) is 12.2 Å². The van der Waals surface area contributed by atoms with Gasteiger partial charge in [0.05, 0.1) is 5.57 Å². The van der Waals surface area contributed by atoms with E-state index in [1.807, 2.05) is 0 Å². The SMILES string of the molecule is C=C(C(=O)O)C1CCCCC(=O)O1. The van der Waals surface area contributed by atoms with Crippen LogP contribution in [0.4, 0.5) is 0 Å². The smallest absolute Gasteiger partial charge is 0.334 e. The maximum Gasteiger partial charge on any atom is 0.334 e. The van der Waals surface area contributed by atoms with Gasteiger partial charge < -0.3 is 9.84 Å². The number of cyclic esters (lactones) is 1. The summed E-state index contributed by atoms with van der Waals surface area (Å²) < 4.78 is 4.92. The molecule has 0 amide bonds. The van der Waals surface area contributed by atoms with Crippen LogP contribution >= 0.6 is 0 Å². The first-order valence-corrected chi connectivity index (χ1v) is 4.23. The van der Waals surface area contributed by atoms with Crippen molar-refractivity contribution < 1.29 is 19.4 Å². The van der Waals surface area contributed by atoms with Crippen molar-refractivity contribution in [1.82, 2.24) is 0 Å². The first-order chi connectivity index (χ1) is 6.11. The number of carboxylic acid groups (broad SMARTS) is 1. The molecule has 1 N–H and O–H groups in total. The number of hydrogen-bond donors (Lipinski definition) is 1. The molecule has 4 nitrogen and oxygen atoms in total. The van der Waals surface area contributed by atoms with E-state index in [1.165, 1.54) is 0 Å². The molecule has 1 rings (SSSR count). The Hall–Kier alpha value is -1.32. The van der Waals surface area contributed by atoms with E-state index < -0.39 is 12.1 Å². The predicted octanol–water partition coefficient (Wildman–Crippen LogP) is 1.11. The molecular weight excluding hydrogens is 172 g/mol. The summed E-state index contributed by atoms with van der Waals surface area (Å²) in [4.78, 5) is 21.5. The van der Waals surface area contributed by atoms with Crippen molar-refractivity contribution in [2.75, 3.05) is 0 Å². The van der Waals surface area contributed by atoms with Gasteiger partial charge in [-0.1, -0.05) is 6.58 Å². The van der Waals surface area contributed by atoms with Crippen LogP contribution in [0.25, 0.3) is 0 Å². The molecule has 1 fully saturated rings. The fraction of sp³-hybridized carbons (Fsp3) is 0.556. The molecule has 1 atom stereocenters. The number of ether oxygens (including phenoxy) is 1. The molecule has 1 saturated heterocycles. The van der Waals surface area contributed by atoms with Gasteiger partial charge in [0, 0.05) is 6.42 Å². The normalized spacial score (nSPS) is 23.1. The third-order valence-electron chi connectivity index (χ3n) is 2.03. The van der Waals surface area contributed by atoms with Gasteiger partial charge in [0.1, 0.15) is 6.10 Å². The Morgan fingerprint density at radius 3 is 2.85 bits per heavy atom. The number of aliphatic carboxylic acids is 1. The van der Waals surface area contributed by atoms with E-state index in [4.69, 9.17) is 9.84 Å². The number of esters is 1. The average Bonchev–Trinajstić information content (AvgIpc) is 2.28. The predicted molar refractivity (Wildman–Crippen MR) is 45.1 cm³/mol. The Morgan fingerprint density at radius 1 is 1.54 bits per heavy atom. The lowest BCUT2D eigenvalue weighted by atomic mass is 10.1. The van der Waals surface area contributed by atoms with Gasteiger partial charge in [0.2, 0.25) is 0 Å². The van der Waals surface area contributed by atoms with Crippen LogP contribution in [0.1, 0.15) is 25.7 Å². The van der Waals surface area contributed by atoms with Crippen molar-refractivity contribution in [2.45, 2.75) is 31.8 Å². The van der Waals surface area contributed by atoms with Crippen LogP contribution in [0.2, 0.25) is 0 Å². The molecule has 0 saturated carbocycles. The molecule has 0 aromatic rings. The zero-order valence-corrected chi connectivity index (χ0v) is 7.28. The van der Waals surface area contributed by atoms with Gasteiger partial charge in [-0.2, -0.15) is 0 Å². The zero-order chi connectivity index (χ0) is 9.84. The van der Waals surface area contributed by atoms with Gasteiger partial charge in [0.25, 0.3) is 0 Å². The van der Waals surface area contributed by atoms with Gasteiger partial charge in [-0.05, 0) is 19.3 Å². The fourth-order valence-electron chi connectivity index (χ4n) is 1.26. The molecule has 0 bridgehead atoms. The highest BCUT2D eigenvalue weighted by atomic mass is 16.5. The third kappa shape index (κ3) is 2.57. The molecule has 0 aliphatic carbocycles. The summed E-state index contributed by atoms with van der Waals surface area (Å²) in [5.41, 5.74) is -0.0322. The van der Waals surface area contributed by atoms with E-state index in [0.29, 0.717) is 12.8 Å². The lowest BCUT2D eigenvalue weighted by Crippen LogP contribution is -2.22. The summed E-state index contributed by atoms with van der Waals surface area (Å²) in [6.07, 6.45) is 1.89.